The molecule has 3 heteroatoms. The van der Waals surface area contributed by atoms with Crippen molar-refractivity contribution >= 4 is 6.29 Å². The van der Waals surface area contributed by atoms with Crippen molar-refractivity contribution < 1.29 is 9.21 Å². The monoisotopic (exact) mass is 201 g/mol. The Hall–Kier alpha value is -1.90. The molecule has 76 valence electrons. The Morgan fingerprint density at radius 2 is 2.07 bits per heavy atom. The standard InChI is InChI=1S/C12H11NO2/c1-9-11(7-8-14)13-12(15-9)10-5-3-2-4-6-10/h2-6,8H,7H2,1H3. The normalized spacial score (nSPS) is 10.2. The number of oxazole rings is 1. The molecule has 1 aromatic heterocycles. The minimum absolute atomic E-state index is 0.308. The SMILES string of the molecule is Cc1oc(-c2ccccc2)nc1CC=O. The summed E-state index contributed by atoms with van der Waals surface area (Å²) in [5, 5.41) is 0. The highest BCUT2D eigenvalue weighted by molar-refractivity contribution is 5.57. The quantitative estimate of drug-likeness (QED) is 0.716. The Kier molecular flexibility index (Phi) is 2.63. The molecule has 0 amide bonds. The number of aryl methyl sites for hydroxylation is 1. The smallest absolute Gasteiger partial charge is 0.226 e. The van der Waals surface area contributed by atoms with Gasteiger partial charge in [-0.3, -0.25) is 0 Å². The molecule has 2 aromatic rings. The zero-order valence-electron chi connectivity index (χ0n) is 8.43. The van der Waals surface area contributed by atoms with E-state index in [1.807, 2.05) is 37.3 Å². The second-order valence-corrected chi connectivity index (χ2v) is 3.26. The van der Waals surface area contributed by atoms with E-state index >= 15 is 0 Å². The first kappa shape index (κ1) is 9.65. The van der Waals surface area contributed by atoms with Crippen LogP contribution in [0.3, 0.4) is 0 Å². The van der Waals surface area contributed by atoms with Gasteiger partial charge in [-0.2, -0.15) is 0 Å². The maximum absolute atomic E-state index is 10.4. The molecule has 3 nitrogen and oxygen atoms in total. The van der Waals surface area contributed by atoms with Crippen LogP contribution in [0.15, 0.2) is 34.7 Å². The van der Waals surface area contributed by atoms with Gasteiger partial charge in [0, 0.05) is 12.0 Å². The van der Waals surface area contributed by atoms with Crippen LogP contribution in [0.4, 0.5) is 0 Å². The maximum atomic E-state index is 10.4. The van der Waals surface area contributed by atoms with Crippen molar-refractivity contribution in [3.05, 3.63) is 41.8 Å². The molecule has 0 aliphatic heterocycles. The molecule has 2 rings (SSSR count). The summed E-state index contributed by atoms with van der Waals surface area (Å²) < 4.78 is 5.48. The molecule has 0 saturated heterocycles. The van der Waals surface area contributed by atoms with Crippen molar-refractivity contribution in [3.8, 4) is 11.5 Å². The van der Waals surface area contributed by atoms with Crippen LogP contribution in [0.5, 0.6) is 0 Å². The van der Waals surface area contributed by atoms with Gasteiger partial charge >= 0.3 is 0 Å². The summed E-state index contributed by atoms with van der Waals surface area (Å²) in [4.78, 5) is 14.7. The summed E-state index contributed by atoms with van der Waals surface area (Å²) >= 11 is 0. The van der Waals surface area contributed by atoms with E-state index in [0.717, 1.165) is 11.8 Å². The Bertz CT molecular complexity index is 460. The van der Waals surface area contributed by atoms with Gasteiger partial charge in [-0.15, -0.1) is 0 Å². The number of carbonyl (C=O) groups excluding carboxylic acids is 1. The van der Waals surface area contributed by atoms with Gasteiger partial charge in [0.25, 0.3) is 0 Å². The average molecular weight is 201 g/mol. The van der Waals surface area contributed by atoms with E-state index in [2.05, 4.69) is 4.98 Å². The van der Waals surface area contributed by atoms with Crippen LogP contribution >= 0.6 is 0 Å². The lowest BCUT2D eigenvalue weighted by atomic mass is 10.2. The van der Waals surface area contributed by atoms with Crippen molar-refractivity contribution in [1.29, 1.82) is 0 Å². The van der Waals surface area contributed by atoms with Crippen LogP contribution < -0.4 is 0 Å². The molecule has 0 saturated carbocycles. The maximum Gasteiger partial charge on any atom is 0.226 e. The number of nitrogens with zero attached hydrogens (tertiary/aromatic N) is 1. The van der Waals surface area contributed by atoms with Gasteiger partial charge in [-0.05, 0) is 19.1 Å². The van der Waals surface area contributed by atoms with Crippen LogP contribution in [0.25, 0.3) is 11.5 Å². The lowest BCUT2D eigenvalue weighted by Crippen LogP contribution is -1.88. The molecular formula is C12H11NO2. The van der Waals surface area contributed by atoms with Crippen LogP contribution in [0.1, 0.15) is 11.5 Å². The van der Waals surface area contributed by atoms with E-state index in [-0.39, 0.29) is 0 Å². The van der Waals surface area contributed by atoms with E-state index in [4.69, 9.17) is 4.42 Å². The summed E-state index contributed by atoms with van der Waals surface area (Å²) in [6.45, 7) is 1.82. The largest absolute Gasteiger partial charge is 0.441 e. The third kappa shape index (κ3) is 1.96. The van der Waals surface area contributed by atoms with E-state index in [1.54, 1.807) is 0 Å². The van der Waals surface area contributed by atoms with Gasteiger partial charge in [0.15, 0.2) is 0 Å². The topological polar surface area (TPSA) is 43.1 Å². The Labute approximate surface area is 87.8 Å². The van der Waals surface area contributed by atoms with Crippen LogP contribution in [-0.2, 0) is 11.2 Å². The lowest BCUT2D eigenvalue weighted by Gasteiger charge is -1.91. The molecule has 0 aliphatic rings. The summed E-state index contributed by atoms with van der Waals surface area (Å²) in [5.74, 6) is 1.28. The fourth-order valence-corrected chi connectivity index (χ4v) is 1.40. The van der Waals surface area contributed by atoms with Crippen LogP contribution in [0, 0.1) is 6.92 Å². The Balaban J connectivity index is 2.38. The predicted molar refractivity (Wildman–Crippen MR) is 56.4 cm³/mol. The predicted octanol–water partition coefficient (Wildman–Crippen LogP) is 2.39. The van der Waals surface area contributed by atoms with E-state index in [1.165, 1.54) is 0 Å². The highest BCUT2D eigenvalue weighted by Gasteiger charge is 2.09. The first-order valence-corrected chi connectivity index (χ1v) is 4.76. The van der Waals surface area contributed by atoms with E-state index in [0.29, 0.717) is 23.8 Å². The molecule has 1 heterocycles. The molecule has 1 aromatic carbocycles. The van der Waals surface area contributed by atoms with E-state index < -0.39 is 0 Å². The fraction of sp³-hybridized carbons (Fsp3) is 0.167. The third-order valence-electron chi connectivity index (χ3n) is 2.19. The van der Waals surface area contributed by atoms with Crippen LogP contribution in [0.2, 0.25) is 0 Å². The van der Waals surface area contributed by atoms with Crippen molar-refractivity contribution in [3.63, 3.8) is 0 Å². The zero-order valence-corrected chi connectivity index (χ0v) is 8.43. The summed E-state index contributed by atoms with van der Waals surface area (Å²) in [6.07, 6.45) is 1.14. The number of aromatic nitrogens is 1. The highest BCUT2D eigenvalue weighted by Crippen LogP contribution is 2.21. The first-order chi connectivity index (χ1) is 7.31. The molecule has 0 unspecified atom stereocenters. The van der Waals surface area contributed by atoms with Gasteiger partial charge in [0.1, 0.15) is 12.0 Å². The number of benzene rings is 1. The average Bonchev–Trinajstić information content (AvgIpc) is 2.63. The number of hydrogen-bond donors (Lipinski definition) is 0. The molecule has 0 atom stereocenters. The minimum atomic E-state index is 0.308. The third-order valence-corrected chi connectivity index (χ3v) is 2.19. The van der Waals surface area contributed by atoms with Gasteiger partial charge in [0.2, 0.25) is 5.89 Å². The van der Waals surface area contributed by atoms with E-state index in [9.17, 15) is 4.79 Å². The summed E-state index contributed by atoms with van der Waals surface area (Å²) in [5.41, 5.74) is 1.64. The molecule has 0 bridgehead atoms. The van der Waals surface area contributed by atoms with Crippen molar-refractivity contribution in [2.75, 3.05) is 0 Å². The second kappa shape index (κ2) is 4.09. The summed E-state index contributed by atoms with van der Waals surface area (Å²) in [6, 6.07) is 9.64. The molecule has 0 radical (unpaired) electrons. The number of rotatable bonds is 3. The van der Waals surface area contributed by atoms with Crippen molar-refractivity contribution in [1.82, 2.24) is 4.98 Å². The van der Waals surface area contributed by atoms with Crippen molar-refractivity contribution in [2.45, 2.75) is 13.3 Å². The van der Waals surface area contributed by atoms with Crippen molar-refractivity contribution in [2.24, 2.45) is 0 Å². The molecule has 0 spiro atoms. The minimum Gasteiger partial charge on any atom is -0.441 e. The van der Waals surface area contributed by atoms with Crippen LogP contribution in [-0.4, -0.2) is 11.3 Å². The highest BCUT2D eigenvalue weighted by atomic mass is 16.4. The molecule has 0 aliphatic carbocycles. The molecule has 15 heavy (non-hydrogen) atoms. The Morgan fingerprint density at radius 1 is 1.33 bits per heavy atom. The fourth-order valence-electron chi connectivity index (χ4n) is 1.40. The lowest BCUT2D eigenvalue weighted by molar-refractivity contribution is -0.107. The second-order valence-electron chi connectivity index (χ2n) is 3.26. The molecular weight excluding hydrogens is 190 g/mol. The molecule has 0 N–H and O–H groups in total. The van der Waals surface area contributed by atoms with Gasteiger partial charge in [0.05, 0.1) is 5.69 Å². The Morgan fingerprint density at radius 3 is 2.73 bits per heavy atom. The zero-order chi connectivity index (χ0) is 10.7. The number of carbonyl (C=O) groups is 1. The first-order valence-electron chi connectivity index (χ1n) is 4.76. The number of hydrogen-bond acceptors (Lipinski definition) is 3. The summed E-state index contributed by atoms with van der Waals surface area (Å²) in [7, 11) is 0. The molecule has 0 fully saturated rings. The number of aldehydes is 1. The van der Waals surface area contributed by atoms with Gasteiger partial charge < -0.3 is 9.21 Å². The van der Waals surface area contributed by atoms with Gasteiger partial charge in [-0.1, -0.05) is 18.2 Å². The van der Waals surface area contributed by atoms with Gasteiger partial charge in [-0.25, -0.2) is 4.98 Å².